The van der Waals surface area contributed by atoms with Crippen molar-refractivity contribution in [2.45, 2.75) is 38.0 Å². The Balaban J connectivity index is 1.21. The van der Waals surface area contributed by atoms with E-state index in [0.29, 0.717) is 41.0 Å². The fourth-order valence-electron chi connectivity index (χ4n) is 4.13. The molecule has 0 spiro atoms. The van der Waals surface area contributed by atoms with Crippen molar-refractivity contribution in [1.82, 2.24) is 15.0 Å². The number of anilines is 2. The van der Waals surface area contributed by atoms with Crippen LogP contribution in [0.3, 0.4) is 0 Å². The van der Waals surface area contributed by atoms with E-state index >= 15 is 0 Å². The highest BCUT2D eigenvalue weighted by molar-refractivity contribution is 7.22. The molecule has 0 atom stereocenters. The number of nitrogens with zero attached hydrogens (tertiary/aromatic N) is 3. The second-order valence-electron chi connectivity index (χ2n) is 8.59. The number of ether oxygens (including phenoxy) is 1. The average molecular weight is 515 g/mol. The highest BCUT2D eigenvalue weighted by Crippen LogP contribution is 2.35. The number of alkyl halides is 3. The minimum Gasteiger partial charge on any atom is -0.481 e. The lowest BCUT2D eigenvalue weighted by molar-refractivity contribution is -0.143. The van der Waals surface area contributed by atoms with Gasteiger partial charge in [0.05, 0.1) is 21.7 Å². The van der Waals surface area contributed by atoms with Gasteiger partial charge in [-0.15, -0.1) is 0 Å². The number of carboxylic acid groups (broad SMARTS) is 1. The Bertz CT molecular complexity index is 1370. The van der Waals surface area contributed by atoms with Gasteiger partial charge >= 0.3 is 18.2 Å². The fraction of sp³-hybridized carbons (Fsp3) is 0.280. The number of benzene rings is 2. The number of hydrogen-bond acceptors (Lipinski definition) is 7. The van der Waals surface area contributed by atoms with Crippen LogP contribution in [0.4, 0.5) is 24.0 Å². The molecule has 186 valence electrons. The molecule has 4 aromatic rings. The number of carbonyl (C=O) groups is 1. The molecule has 2 aromatic carbocycles. The Morgan fingerprint density at radius 3 is 2.33 bits per heavy atom. The SMILES string of the molecule is O=C(O)C1CCC(Oc2ncc(-c3ccc(Nc4nc5ccc(C(F)(F)F)cc5s4)cc3)cn2)CC1. The molecule has 0 unspecified atom stereocenters. The number of carboxylic acids is 1. The molecule has 0 radical (unpaired) electrons. The van der Waals surface area contributed by atoms with Crippen molar-refractivity contribution in [2.24, 2.45) is 5.92 Å². The van der Waals surface area contributed by atoms with Crippen LogP contribution in [0.1, 0.15) is 31.2 Å². The minimum atomic E-state index is -4.39. The second-order valence-corrected chi connectivity index (χ2v) is 9.62. The fourth-order valence-corrected chi connectivity index (χ4v) is 5.05. The van der Waals surface area contributed by atoms with E-state index in [1.165, 1.54) is 6.07 Å². The molecular formula is C25H21F3N4O3S. The Hall–Kier alpha value is -3.73. The van der Waals surface area contributed by atoms with Crippen molar-refractivity contribution in [2.75, 3.05) is 5.32 Å². The molecule has 1 saturated carbocycles. The van der Waals surface area contributed by atoms with Crippen LogP contribution in [0.15, 0.2) is 54.9 Å². The van der Waals surface area contributed by atoms with Crippen molar-refractivity contribution in [3.63, 3.8) is 0 Å². The van der Waals surface area contributed by atoms with E-state index in [1.807, 2.05) is 24.3 Å². The summed E-state index contributed by atoms with van der Waals surface area (Å²) < 4.78 is 45.1. The number of thiazole rings is 1. The van der Waals surface area contributed by atoms with Gasteiger partial charge < -0.3 is 15.2 Å². The van der Waals surface area contributed by atoms with Crippen LogP contribution in [0.5, 0.6) is 6.01 Å². The van der Waals surface area contributed by atoms with Crippen molar-refractivity contribution >= 4 is 38.3 Å². The third kappa shape index (κ3) is 5.40. The summed E-state index contributed by atoms with van der Waals surface area (Å²) in [7, 11) is 0. The highest BCUT2D eigenvalue weighted by Gasteiger charge is 2.31. The molecule has 2 aromatic heterocycles. The van der Waals surface area contributed by atoms with Crippen molar-refractivity contribution in [1.29, 1.82) is 0 Å². The number of hydrogen-bond donors (Lipinski definition) is 2. The van der Waals surface area contributed by atoms with Crippen LogP contribution in [-0.2, 0) is 11.0 Å². The lowest BCUT2D eigenvalue weighted by Crippen LogP contribution is -2.28. The first-order valence-electron chi connectivity index (χ1n) is 11.3. The highest BCUT2D eigenvalue weighted by atomic mass is 32.1. The minimum absolute atomic E-state index is 0.0839. The summed E-state index contributed by atoms with van der Waals surface area (Å²) in [5.74, 6) is -1.06. The number of aromatic nitrogens is 3. The Labute approximate surface area is 208 Å². The Morgan fingerprint density at radius 1 is 1.00 bits per heavy atom. The van der Waals surface area contributed by atoms with Gasteiger partial charge in [-0.3, -0.25) is 4.79 Å². The summed E-state index contributed by atoms with van der Waals surface area (Å²) in [6.45, 7) is 0. The molecule has 1 fully saturated rings. The summed E-state index contributed by atoms with van der Waals surface area (Å²) in [5.41, 5.74) is 2.23. The van der Waals surface area contributed by atoms with Gasteiger partial charge in [-0.1, -0.05) is 23.5 Å². The topological polar surface area (TPSA) is 97.2 Å². The maximum Gasteiger partial charge on any atom is 0.416 e. The van der Waals surface area contributed by atoms with Gasteiger partial charge in [-0.2, -0.15) is 13.2 Å². The third-order valence-electron chi connectivity index (χ3n) is 6.11. The van der Waals surface area contributed by atoms with Gasteiger partial charge in [-0.25, -0.2) is 15.0 Å². The predicted octanol–water partition coefficient (Wildman–Crippen LogP) is 6.54. The predicted molar refractivity (Wildman–Crippen MR) is 129 cm³/mol. The van der Waals surface area contributed by atoms with Gasteiger partial charge in [0.1, 0.15) is 6.10 Å². The van der Waals surface area contributed by atoms with Gasteiger partial charge in [0, 0.05) is 23.6 Å². The number of nitrogens with one attached hydrogen (secondary N) is 1. The van der Waals surface area contributed by atoms with Crippen molar-refractivity contribution in [3.8, 4) is 17.1 Å². The maximum atomic E-state index is 12.9. The second kappa shape index (κ2) is 9.73. The molecule has 1 aliphatic carbocycles. The molecule has 36 heavy (non-hydrogen) atoms. The van der Waals surface area contributed by atoms with Crippen molar-refractivity contribution in [3.05, 3.63) is 60.4 Å². The van der Waals surface area contributed by atoms with Crippen LogP contribution in [0.25, 0.3) is 21.3 Å². The normalized spacial score (nSPS) is 18.2. The third-order valence-corrected chi connectivity index (χ3v) is 7.04. The van der Waals surface area contributed by atoms with Crippen LogP contribution in [0, 0.1) is 5.92 Å². The van der Waals surface area contributed by atoms with Gasteiger partial charge in [-0.05, 0) is 61.6 Å². The lowest BCUT2D eigenvalue weighted by Gasteiger charge is -2.25. The standard InChI is InChI=1S/C25H21F3N4O3S/c26-25(27,28)17-5-10-20-21(11-17)36-24(32-20)31-18-6-1-14(2-7-18)16-12-29-23(30-13-16)35-19-8-3-15(4-9-19)22(33)34/h1-2,5-7,10-13,15,19H,3-4,8-9H2,(H,31,32)(H,33,34). The zero-order valence-electron chi connectivity index (χ0n) is 18.8. The number of aliphatic carboxylic acids is 1. The summed E-state index contributed by atoms with van der Waals surface area (Å²) in [6.07, 6.45) is 1.35. The molecule has 0 aliphatic heterocycles. The molecule has 7 nitrogen and oxygen atoms in total. The van der Waals surface area contributed by atoms with E-state index in [2.05, 4.69) is 20.3 Å². The first kappa shape index (κ1) is 24.0. The average Bonchev–Trinajstić information content (AvgIpc) is 3.26. The van der Waals surface area contributed by atoms with E-state index in [9.17, 15) is 18.0 Å². The number of fused-ring (bicyclic) bond motifs is 1. The molecule has 2 N–H and O–H groups in total. The van der Waals surface area contributed by atoms with Crippen LogP contribution < -0.4 is 10.1 Å². The maximum absolute atomic E-state index is 12.9. The van der Waals surface area contributed by atoms with E-state index in [4.69, 9.17) is 9.84 Å². The zero-order chi connectivity index (χ0) is 25.3. The van der Waals surface area contributed by atoms with Gasteiger partial charge in [0.2, 0.25) is 0 Å². The molecule has 11 heteroatoms. The molecular weight excluding hydrogens is 493 g/mol. The van der Waals surface area contributed by atoms with Crippen LogP contribution >= 0.6 is 11.3 Å². The summed E-state index contributed by atoms with van der Waals surface area (Å²) in [6, 6.07) is 11.2. The molecule has 0 bridgehead atoms. The smallest absolute Gasteiger partial charge is 0.416 e. The zero-order valence-corrected chi connectivity index (χ0v) is 19.6. The Kier molecular flexibility index (Phi) is 6.48. The first-order valence-corrected chi connectivity index (χ1v) is 12.1. The van der Waals surface area contributed by atoms with Crippen LogP contribution in [-0.4, -0.2) is 32.1 Å². The van der Waals surface area contributed by atoms with Crippen LogP contribution in [0.2, 0.25) is 0 Å². The summed E-state index contributed by atoms with van der Waals surface area (Å²) in [5, 5.41) is 12.7. The van der Waals surface area contributed by atoms with E-state index < -0.39 is 17.7 Å². The summed E-state index contributed by atoms with van der Waals surface area (Å²) >= 11 is 1.15. The molecule has 2 heterocycles. The summed E-state index contributed by atoms with van der Waals surface area (Å²) in [4.78, 5) is 24.0. The largest absolute Gasteiger partial charge is 0.481 e. The number of rotatable bonds is 6. The van der Waals surface area contributed by atoms with Crippen molar-refractivity contribution < 1.29 is 27.8 Å². The van der Waals surface area contributed by atoms with E-state index in [-0.39, 0.29) is 18.0 Å². The van der Waals surface area contributed by atoms with Gasteiger partial charge in [0.25, 0.3) is 0 Å². The number of halogens is 3. The Morgan fingerprint density at radius 2 is 1.69 bits per heavy atom. The van der Waals surface area contributed by atoms with E-state index in [0.717, 1.165) is 40.3 Å². The molecule has 0 saturated heterocycles. The lowest BCUT2D eigenvalue weighted by atomic mass is 9.87. The van der Waals surface area contributed by atoms with E-state index in [1.54, 1.807) is 12.4 Å². The quantitative estimate of drug-likeness (QED) is 0.302. The molecule has 0 amide bonds. The van der Waals surface area contributed by atoms with Gasteiger partial charge in [0.15, 0.2) is 5.13 Å². The molecule has 1 aliphatic rings. The molecule has 5 rings (SSSR count). The first-order chi connectivity index (χ1) is 17.2. The monoisotopic (exact) mass is 514 g/mol.